The molecule has 0 atom stereocenters. The van der Waals surface area contributed by atoms with Crippen LogP contribution in [-0.2, 0) is 13.0 Å². The van der Waals surface area contributed by atoms with Crippen molar-refractivity contribution in [2.75, 3.05) is 27.8 Å². The number of guanidine groups is 1. The minimum Gasteiger partial charge on any atom is -0.493 e. The Morgan fingerprint density at radius 1 is 1.12 bits per heavy atom. The highest BCUT2D eigenvalue weighted by Crippen LogP contribution is 2.27. The zero-order chi connectivity index (χ0) is 17.2. The first-order valence-electron chi connectivity index (χ1n) is 7.94. The molecule has 0 aliphatic heterocycles. The number of rotatable bonds is 8. The SMILES string of the molecule is CN=C(NCCCc1ccc(OC)c(OC)c1)NCc1cccs1.I. The number of aryl methyl sites for hydroxylation is 1. The summed E-state index contributed by atoms with van der Waals surface area (Å²) < 4.78 is 10.6. The van der Waals surface area contributed by atoms with Gasteiger partial charge in [-0.15, -0.1) is 35.3 Å². The third kappa shape index (κ3) is 7.11. The molecule has 0 spiro atoms. The number of hydrogen-bond acceptors (Lipinski definition) is 4. The molecule has 0 aliphatic rings. The zero-order valence-corrected chi connectivity index (χ0v) is 18.0. The Kier molecular flexibility index (Phi) is 10.3. The van der Waals surface area contributed by atoms with Gasteiger partial charge in [0.15, 0.2) is 17.5 Å². The first kappa shape index (κ1) is 21.6. The molecule has 0 unspecified atom stereocenters. The molecule has 138 valence electrons. The fourth-order valence-electron chi connectivity index (χ4n) is 2.34. The molecule has 0 fully saturated rings. The average molecular weight is 475 g/mol. The molecule has 1 aromatic heterocycles. The van der Waals surface area contributed by atoms with E-state index in [2.05, 4.69) is 39.2 Å². The van der Waals surface area contributed by atoms with Gasteiger partial charge in [-0.25, -0.2) is 0 Å². The quantitative estimate of drug-likeness (QED) is 0.265. The van der Waals surface area contributed by atoms with E-state index in [0.717, 1.165) is 43.4 Å². The number of aliphatic imine (C=N–C) groups is 1. The maximum absolute atomic E-state index is 5.34. The Bertz CT molecular complexity index is 648. The molecule has 0 saturated carbocycles. The lowest BCUT2D eigenvalue weighted by Crippen LogP contribution is -2.37. The van der Waals surface area contributed by atoms with Gasteiger partial charge in [-0.2, -0.15) is 0 Å². The number of ether oxygens (including phenoxy) is 2. The van der Waals surface area contributed by atoms with Crippen molar-refractivity contribution in [3.8, 4) is 11.5 Å². The highest BCUT2D eigenvalue weighted by atomic mass is 127. The van der Waals surface area contributed by atoms with Gasteiger partial charge in [0.25, 0.3) is 0 Å². The van der Waals surface area contributed by atoms with Crippen LogP contribution in [0.2, 0.25) is 0 Å². The molecule has 1 heterocycles. The average Bonchev–Trinajstić information content (AvgIpc) is 3.14. The van der Waals surface area contributed by atoms with Crippen LogP contribution in [0.15, 0.2) is 40.7 Å². The number of benzene rings is 1. The molecule has 2 aromatic rings. The van der Waals surface area contributed by atoms with Gasteiger partial charge in [-0.1, -0.05) is 12.1 Å². The van der Waals surface area contributed by atoms with E-state index >= 15 is 0 Å². The summed E-state index contributed by atoms with van der Waals surface area (Å²) in [6, 6.07) is 10.2. The minimum atomic E-state index is 0. The Hall–Kier alpha value is -1.48. The zero-order valence-electron chi connectivity index (χ0n) is 14.9. The molecule has 0 aliphatic carbocycles. The van der Waals surface area contributed by atoms with Gasteiger partial charge in [0, 0.05) is 18.5 Å². The van der Waals surface area contributed by atoms with Gasteiger partial charge in [0.05, 0.1) is 20.8 Å². The number of halogens is 1. The monoisotopic (exact) mass is 475 g/mol. The van der Waals surface area contributed by atoms with Crippen LogP contribution in [0.1, 0.15) is 16.9 Å². The van der Waals surface area contributed by atoms with Gasteiger partial charge >= 0.3 is 0 Å². The summed E-state index contributed by atoms with van der Waals surface area (Å²) in [5.74, 6) is 2.37. The van der Waals surface area contributed by atoms with Crippen LogP contribution >= 0.6 is 35.3 Å². The number of thiophene rings is 1. The predicted octanol–water partition coefficient (Wildman–Crippen LogP) is 3.68. The van der Waals surface area contributed by atoms with Crippen LogP contribution in [0.3, 0.4) is 0 Å². The van der Waals surface area contributed by atoms with Crippen molar-refractivity contribution in [2.24, 2.45) is 4.99 Å². The molecule has 7 heteroatoms. The summed E-state index contributed by atoms with van der Waals surface area (Å²) >= 11 is 1.74. The Morgan fingerprint density at radius 2 is 1.92 bits per heavy atom. The third-order valence-corrected chi connectivity index (χ3v) is 4.49. The number of hydrogen-bond donors (Lipinski definition) is 2. The largest absolute Gasteiger partial charge is 0.493 e. The first-order chi connectivity index (χ1) is 11.8. The smallest absolute Gasteiger partial charge is 0.191 e. The van der Waals surface area contributed by atoms with Crippen LogP contribution in [0.4, 0.5) is 0 Å². The summed E-state index contributed by atoms with van der Waals surface area (Å²) in [6.07, 6.45) is 1.98. The fraction of sp³-hybridized carbons (Fsp3) is 0.389. The van der Waals surface area contributed by atoms with Crippen LogP contribution in [0, 0.1) is 0 Å². The van der Waals surface area contributed by atoms with E-state index in [1.165, 1.54) is 10.4 Å². The molecular weight excluding hydrogens is 449 g/mol. The van der Waals surface area contributed by atoms with E-state index in [4.69, 9.17) is 9.47 Å². The second-order valence-corrected chi connectivity index (χ2v) is 6.26. The van der Waals surface area contributed by atoms with Gasteiger partial charge < -0.3 is 20.1 Å². The normalized spacial score (nSPS) is 10.8. The molecule has 2 N–H and O–H groups in total. The van der Waals surface area contributed by atoms with E-state index in [0.29, 0.717) is 0 Å². The summed E-state index contributed by atoms with van der Waals surface area (Å²) in [6.45, 7) is 1.66. The van der Waals surface area contributed by atoms with Gasteiger partial charge in [0.2, 0.25) is 0 Å². The maximum atomic E-state index is 5.34. The molecule has 1 aromatic carbocycles. The summed E-state index contributed by atoms with van der Waals surface area (Å²) in [5, 5.41) is 8.74. The van der Waals surface area contributed by atoms with Crippen LogP contribution in [-0.4, -0.2) is 33.8 Å². The lowest BCUT2D eigenvalue weighted by Gasteiger charge is -2.12. The second kappa shape index (κ2) is 12.0. The van der Waals surface area contributed by atoms with Crippen LogP contribution < -0.4 is 20.1 Å². The van der Waals surface area contributed by atoms with Crippen molar-refractivity contribution in [3.05, 3.63) is 46.2 Å². The molecule has 25 heavy (non-hydrogen) atoms. The van der Waals surface area contributed by atoms with E-state index in [-0.39, 0.29) is 24.0 Å². The highest BCUT2D eigenvalue weighted by Gasteiger charge is 2.04. The lowest BCUT2D eigenvalue weighted by molar-refractivity contribution is 0.354. The van der Waals surface area contributed by atoms with E-state index in [1.54, 1.807) is 32.6 Å². The summed E-state index contributed by atoms with van der Waals surface area (Å²) in [7, 11) is 5.10. The fourth-order valence-corrected chi connectivity index (χ4v) is 2.98. The summed E-state index contributed by atoms with van der Waals surface area (Å²) in [4.78, 5) is 5.54. The molecular formula is C18H26IN3O2S. The number of methoxy groups -OCH3 is 2. The second-order valence-electron chi connectivity index (χ2n) is 5.22. The topological polar surface area (TPSA) is 54.9 Å². The molecule has 0 amide bonds. The van der Waals surface area contributed by atoms with Crippen molar-refractivity contribution < 1.29 is 9.47 Å². The van der Waals surface area contributed by atoms with Crippen LogP contribution in [0.5, 0.6) is 11.5 Å². The van der Waals surface area contributed by atoms with Crippen molar-refractivity contribution in [1.82, 2.24) is 10.6 Å². The molecule has 0 bridgehead atoms. The van der Waals surface area contributed by atoms with E-state index < -0.39 is 0 Å². The van der Waals surface area contributed by atoms with Crippen LogP contribution in [0.25, 0.3) is 0 Å². The standard InChI is InChI=1S/C18H25N3O2S.HI/c1-19-18(21-13-15-7-5-11-24-15)20-10-4-6-14-8-9-16(22-2)17(12-14)23-3;/h5,7-9,11-12H,4,6,10,13H2,1-3H3,(H2,19,20,21);1H. The minimum absolute atomic E-state index is 0. The van der Waals surface area contributed by atoms with E-state index in [9.17, 15) is 0 Å². The predicted molar refractivity (Wildman–Crippen MR) is 116 cm³/mol. The number of nitrogens with zero attached hydrogens (tertiary/aromatic N) is 1. The van der Waals surface area contributed by atoms with Crippen molar-refractivity contribution in [1.29, 1.82) is 0 Å². The molecule has 5 nitrogen and oxygen atoms in total. The highest BCUT2D eigenvalue weighted by molar-refractivity contribution is 14.0. The Labute approximate surface area is 170 Å². The van der Waals surface area contributed by atoms with Gasteiger partial charge in [-0.3, -0.25) is 4.99 Å². The van der Waals surface area contributed by atoms with Crippen molar-refractivity contribution >= 4 is 41.3 Å². The van der Waals surface area contributed by atoms with Crippen molar-refractivity contribution in [3.63, 3.8) is 0 Å². The van der Waals surface area contributed by atoms with Gasteiger partial charge in [-0.05, 0) is 42.0 Å². The molecule has 0 radical (unpaired) electrons. The Balaban J connectivity index is 0.00000312. The summed E-state index contributed by atoms with van der Waals surface area (Å²) in [5.41, 5.74) is 1.23. The molecule has 2 rings (SSSR count). The molecule has 0 saturated heterocycles. The lowest BCUT2D eigenvalue weighted by atomic mass is 10.1. The third-order valence-electron chi connectivity index (χ3n) is 3.62. The van der Waals surface area contributed by atoms with E-state index in [1.807, 2.05) is 12.1 Å². The maximum Gasteiger partial charge on any atom is 0.191 e. The number of nitrogens with one attached hydrogen (secondary N) is 2. The first-order valence-corrected chi connectivity index (χ1v) is 8.82. The van der Waals surface area contributed by atoms with Gasteiger partial charge in [0.1, 0.15) is 0 Å². The Morgan fingerprint density at radius 3 is 2.56 bits per heavy atom. The van der Waals surface area contributed by atoms with Crippen molar-refractivity contribution in [2.45, 2.75) is 19.4 Å².